The lowest BCUT2D eigenvalue weighted by Gasteiger charge is -2.44. The Balaban J connectivity index is 1.61. The van der Waals surface area contributed by atoms with Crippen molar-refractivity contribution in [1.29, 1.82) is 0 Å². The van der Waals surface area contributed by atoms with Crippen molar-refractivity contribution in [2.24, 2.45) is 29.1 Å². The van der Waals surface area contributed by atoms with Gasteiger partial charge in [-0.25, -0.2) is 0 Å². The maximum atomic E-state index is 13.1. The van der Waals surface area contributed by atoms with Gasteiger partial charge in [0.15, 0.2) is 0 Å². The van der Waals surface area contributed by atoms with E-state index in [4.69, 9.17) is 4.74 Å². The highest BCUT2D eigenvalue weighted by Crippen LogP contribution is 2.45. The van der Waals surface area contributed by atoms with Crippen LogP contribution < -0.4 is 5.32 Å². The number of amides is 2. The Hall–Kier alpha value is -2.45. The number of carbonyl (C=O) groups excluding carboxylic acids is 3. The maximum Gasteiger partial charge on any atom is 0.311 e. The molecule has 0 bridgehead atoms. The van der Waals surface area contributed by atoms with E-state index in [9.17, 15) is 24.6 Å². The molecule has 0 heterocycles. The summed E-state index contributed by atoms with van der Waals surface area (Å²) in [5, 5.41) is 24.3. The number of ether oxygens (including phenoxy) is 1. The second kappa shape index (κ2) is 26.4. The van der Waals surface area contributed by atoms with E-state index in [1.54, 1.807) is 11.9 Å². The molecule has 0 aliphatic heterocycles. The number of esters is 1. The zero-order valence-corrected chi connectivity index (χ0v) is 35.5. The van der Waals surface area contributed by atoms with Gasteiger partial charge in [0.25, 0.3) is 0 Å². The molecule has 2 rings (SSSR count). The predicted molar refractivity (Wildman–Crippen MR) is 222 cm³/mol. The summed E-state index contributed by atoms with van der Waals surface area (Å²) in [6, 6.07) is 0. The molecule has 54 heavy (non-hydrogen) atoms. The largest absolute Gasteiger partial charge is 0.461 e. The van der Waals surface area contributed by atoms with E-state index in [0.29, 0.717) is 38.3 Å². The van der Waals surface area contributed by atoms with Crippen molar-refractivity contribution in [3.63, 3.8) is 0 Å². The Kier molecular flexibility index (Phi) is 23.3. The predicted octanol–water partition coefficient (Wildman–Crippen LogP) is 9.63. The van der Waals surface area contributed by atoms with Crippen LogP contribution in [0.25, 0.3) is 0 Å². The molecule has 0 fully saturated rings. The van der Waals surface area contributed by atoms with E-state index in [-0.39, 0.29) is 54.5 Å². The van der Waals surface area contributed by atoms with Crippen LogP contribution in [0.15, 0.2) is 36.0 Å². The van der Waals surface area contributed by atoms with Gasteiger partial charge in [-0.3, -0.25) is 14.4 Å². The van der Waals surface area contributed by atoms with Crippen molar-refractivity contribution in [2.45, 2.75) is 188 Å². The molecule has 2 amide bonds. The first-order valence-electron chi connectivity index (χ1n) is 21.9. The number of nitrogens with one attached hydrogen (secondary N) is 1. The Morgan fingerprint density at radius 2 is 1.57 bits per heavy atom. The summed E-state index contributed by atoms with van der Waals surface area (Å²) in [6.07, 6.45) is 28.7. The Labute approximate surface area is 330 Å². The third kappa shape index (κ3) is 18.5. The molecule has 0 aromatic heterocycles. The van der Waals surface area contributed by atoms with Gasteiger partial charge in [-0.2, -0.15) is 0 Å². The minimum atomic E-state index is -0.958. The molecule has 8 nitrogen and oxygen atoms in total. The first-order chi connectivity index (χ1) is 25.8. The summed E-state index contributed by atoms with van der Waals surface area (Å²) >= 11 is 0. The average molecular weight is 757 g/mol. The Morgan fingerprint density at radius 3 is 2.22 bits per heavy atom. The molecule has 0 spiro atoms. The summed E-state index contributed by atoms with van der Waals surface area (Å²) in [5.41, 5.74) is 0.678. The normalized spacial score (nSPS) is 22.4. The number of aliphatic hydroxyl groups excluding tert-OH is 2. The van der Waals surface area contributed by atoms with E-state index in [2.05, 4.69) is 56.5 Å². The number of hydrogen-bond acceptors (Lipinski definition) is 6. The van der Waals surface area contributed by atoms with E-state index in [1.165, 1.54) is 63.4 Å². The van der Waals surface area contributed by atoms with Crippen molar-refractivity contribution in [2.75, 3.05) is 20.1 Å². The van der Waals surface area contributed by atoms with Crippen LogP contribution in [0, 0.1) is 29.1 Å². The van der Waals surface area contributed by atoms with Crippen LogP contribution in [0.2, 0.25) is 0 Å². The summed E-state index contributed by atoms with van der Waals surface area (Å²) < 4.78 is 6.21. The standard InChI is InChI=1S/C46H80N2O6/c1-8-10-11-12-13-14-15-16-17-18-19-20-21-22-23-24-43(52)48(7)30-29-47-42(51)34-39(50)33-38(49)27-28-40-36(4)25-26-37-31-35(3)32-41(44(37)40)54-45(53)46(5,6)9-2/h16-17,25-26,31,35-36,38-41,44,49-50H,8-15,18-24,27-30,32-34H2,1-7H3,(H,47,51)/t35-,36-,38-,39+,40-,41?,44?/m0/s1. The molecule has 3 N–H and O–H groups in total. The lowest BCUT2D eigenvalue weighted by Crippen LogP contribution is -2.43. The molecule has 0 saturated heterocycles. The SMILES string of the molecule is CCCCCCCCC=CCCCCCCCC(=O)N(C)CCNC(=O)C[C@H](O)C[C@@H](O)CC[C@@H]1C2C(=C[C@H](C)CC2OC(=O)C(C)(C)CC)C=C[C@@H]1C. The number of aliphatic hydroxyl groups is 2. The van der Waals surface area contributed by atoms with Crippen molar-refractivity contribution in [3.05, 3.63) is 36.0 Å². The third-order valence-corrected chi connectivity index (χ3v) is 11.9. The molecule has 0 aromatic rings. The number of allylic oxidation sites excluding steroid dienone is 5. The number of unbranched alkanes of at least 4 members (excludes halogenated alkanes) is 11. The monoisotopic (exact) mass is 757 g/mol. The summed E-state index contributed by atoms with van der Waals surface area (Å²) in [5.74, 6) is 0.494. The van der Waals surface area contributed by atoms with E-state index >= 15 is 0 Å². The molecule has 7 atom stereocenters. The molecule has 0 radical (unpaired) electrons. The minimum absolute atomic E-state index is 0.0765. The van der Waals surface area contributed by atoms with Crippen LogP contribution in [0.4, 0.5) is 0 Å². The van der Waals surface area contributed by atoms with Gasteiger partial charge in [0.05, 0.1) is 24.0 Å². The van der Waals surface area contributed by atoms with Gasteiger partial charge in [-0.05, 0) is 101 Å². The smallest absolute Gasteiger partial charge is 0.311 e. The first-order valence-corrected chi connectivity index (χ1v) is 21.9. The van der Waals surface area contributed by atoms with Crippen LogP contribution in [0.5, 0.6) is 0 Å². The number of nitrogens with zero attached hydrogens (tertiary/aromatic N) is 1. The van der Waals surface area contributed by atoms with Crippen molar-refractivity contribution in [3.8, 4) is 0 Å². The summed E-state index contributed by atoms with van der Waals surface area (Å²) in [7, 11) is 1.77. The zero-order chi connectivity index (χ0) is 39.9. The second-order valence-corrected chi connectivity index (χ2v) is 17.3. The van der Waals surface area contributed by atoms with Gasteiger partial charge in [-0.1, -0.05) is 109 Å². The second-order valence-electron chi connectivity index (χ2n) is 17.3. The van der Waals surface area contributed by atoms with Gasteiger partial charge in [0.2, 0.25) is 11.8 Å². The molecule has 8 heteroatoms. The number of fused-ring (bicyclic) bond motifs is 1. The quantitative estimate of drug-likeness (QED) is 0.0416. The highest BCUT2D eigenvalue weighted by atomic mass is 16.5. The molecule has 0 saturated carbocycles. The molecule has 2 aliphatic rings. The zero-order valence-electron chi connectivity index (χ0n) is 35.5. The molecular weight excluding hydrogens is 677 g/mol. The number of likely N-dealkylation sites (N-methyl/N-ethyl adjacent to an activating group) is 1. The van der Waals surface area contributed by atoms with Crippen LogP contribution in [-0.4, -0.2) is 71.3 Å². The molecule has 2 aliphatic carbocycles. The highest BCUT2D eigenvalue weighted by Gasteiger charge is 2.43. The number of hydrogen-bond donors (Lipinski definition) is 3. The van der Waals surface area contributed by atoms with Crippen LogP contribution in [0.3, 0.4) is 0 Å². The fourth-order valence-electron chi connectivity index (χ4n) is 7.87. The van der Waals surface area contributed by atoms with Crippen molar-refractivity contribution in [1.82, 2.24) is 10.2 Å². The van der Waals surface area contributed by atoms with Crippen LogP contribution in [-0.2, 0) is 19.1 Å². The van der Waals surface area contributed by atoms with Crippen molar-refractivity contribution >= 4 is 17.8 Å². The molecule has 310 valence electrons. The average Bonchev–Trinajstić information content (AvgIpc) is 3.12. The highest BCUT2D eigenvalue weighted by molar-refractivity contribution is 5.77. The minimum Gasteiger partial charge on any atom is -0.461 e. The van der Waals surface area contributed by atoms with Gasteiger partial charge in [0, 0.05) is 32.5 Å². The summed E-state index contributed by atoms with van der Waals surface area (Å²) in [6.45, 7) is 13.2. The number of carbonyl (C=O) groups is 3. The van der Waals surface area contributed by atoms with Gasteiger partial charge in [0.1, 0.15) is 6.10 Å². The first kappa shape index (κ1) is 47.7. The lowest BCUT2D eigenvalue weighted by atomic mass is 9.65. The fourth-order valence-corrected chi connectivity index (χ4v) is 7.87. The fraction of sp³-hybridized carbons (Fsp3) is 0.804. The van der Waals surface area contributed by atoms with E-state index in [1.807, 2.05) is 20.8 Å². The maximum absolute atomic E-state index is 13.1. The Morgan fingerprint density at radius 1 is 0.944 bits per heavy atom. The topological polar surface area (TPSA) is 116 Å². The van der Waals surface area contributed by atoms with E-state index in [0.717, 1.165) is 38.5 Å². The van der Waals surface area contributed by atoms with Gasteiger partial charge in [-0.15, -0.1) is 0 Å². The van der Waals surface area contributed by atoms with E-state index < -0.39 is 17.6 Å². The van der Waals surface area contributed by atoms with Crippen LogP contribution >= 0.6 is 0 Å². The molecule has 0 aromatic carbocycles. The Bertz CT molecular complexity index is 1180. The summed E-state index contributed by atoms with van der Waals surface area (Å²) in [4.78, 5) is 39.9. The third-order valence-electron chi connectivity index (χ3n) is 11.9. The molecular formula is C46H80N2O6. The van der Waals surface area contributed by atoms with Gasteiger partial charge < -0.3 is 25.2 Å². The lowest BCUT2D eigenvalue weighted by molar-refractivity contribution is -0.164. The molecule has 2 unspecified atom stereocenters. The van der Waals surface area contributed by atoms with Crippen LogP contribution in [0.1, 0.15) is 170 Å². The van der Waals surface area contributed by atoms with Gasteiger partial charge >= 0.3 is 5.97 Å². The number of rotatable bonds is 28. The van der Waals surface area contributed by atoms with Crippen molar-refractivity contribution < 1.29 is 29.3 Å².